The number of nitro groups is 1. The van der Waals surface area contributed by atoms with Gasteiger partial charge in [0.2, 0.25) is 5.91 Å². The van der Waals surface area contributed by atoms with Gasteiger partial charge in [0, 0.05) is 13.1 Å². The van der Waals surface area contributed by atoms with E-state index in [1.54, 1.807) is 36.1 Å². The largest absolute Gasteiger partial charge is 0.477 e. The van der Waals surface area contributed by atoms with E-state index in [-0.39, 0.29) is 30.6 Å². The van der Waals surface area contributed by atoms with Crippen LogP contribution in [0.2, 0.25) is 0 Å². The number of carbonyl (C=O) groups excluding carboxylic acids is 2. The first-order valence-electron chi connectivity index (χ1n) is 8.66. The van der Waals surface area contributed by atoms with Crippen LogP contribution in [-0.4, -0.2) is 43.0 Å². The van der Waals surface area contributed by atoms with Gasteiger partial charge in [-0.05, 0) is 25.1 Å². The Bertz CT molecular complexity index is 930. The average Bonchev–Trinajstić information content (AvgIpc) is 2.68. The maximum atomic E-state index is 12.6. The molecule has 9 heteroatoms. The number of para-hydroxylation sites is 2. The van der Waals surface area contributed by atoms with Crippen molar-refractivity contribution in [3.8, 4) is 5.75 Å². The van der Waals surface area contributed by atoms with Gasteiger partial charge in [-0.25, -0.2) is 0 Å². The molecule has 0 aromatic heterocycles. The number of hydrogen-bond donors (Lipinski definition) is 2. The molecule has 0 saturated carbocycles. The Labute approximate surface area is 161 Å². The molecular weight excluding hydrogens is 364 g/mol. The summed E-state index contributed by atoms with van der Waals surface area (Å²) in [6, 6.07) is 11.7. The van der Waals surface area contributed by atoms with Crippen molar-refractivity contribution < 1.29 is 19.2 Å². The number of fused-ring (bicyclic) bond motifs is 1. The number of nitrogens with zero attached hydrogens (tertiary/aromatic N) is 2. The van der Waals surface area contributed by atoms with E-state index in [1.165, 1.54) is 19.2 Å². The summed E-state index contributed by atoms with van der Waals surface area (Å²) >= 11 is 0. The first-order chi connectivity index (χ1) is 13.4. The molecule has 1 aliphatic heterocycles. The summed E-state index contributed by atoms with van der Waals surface area (Å²) in [7, 11) is 1.52. The van der Waals surface area contributed by atoms with Gasteiger partial charge < -0.3 is 20.3 Å². The predicted octanol–water partition coefficient (Wildman–Crippen LogP) is 1.86. The van der Waals surface area contributed by atoms with E-state index in [1.807, 2.05) is 6.07 Å². The van der Waals surface area contributed by atoms with Crippen LogP contribution in [0, 0.1) is 17.0 Å². The summed E-state index contributed by atoms with van der Waals surface area (Å²) in [5.41, 5.74) is 1.40. The number of amides is 2. The van der Waals surface area contributed by atoms with E-state index in [9.17, 15) is 19.7 Å². The monoisotopic (exact) mass is 384 g/mol. The lowest BCUT2D eigenvalue weighted by atomic mass is 10.1. The van der Waals surface area contributed by atoms with Crippen LogP contribution < -0.4 is 20.3 Å². The van der Waals surface area contributed by atoms with Crippen LogP contribution in [0.1, 0.15) is 5.56 Å². The van der Waals surface area contributed by atoms with E-state index in [4.69, 9.17) is 4.74 Å². The second kappa shape index (κ2) is 7.95. The van der Waals surface area contributed by atoms with Crippen molar-refractivity contribution in [2.75, 3.05) is 30.4 Å². The summed E-state index contributed by atoms with van der Waals surface area (Å²) in [5.74, 6) is -0.118. The molecule has 1 aliphatic rings. The highest BCUT2D eigenvalue weighted by Crippen LogP contribution is 2.33. The lowest BCUT2D eigenvalue weighted by molar-refractivity contribution is -0.385. The van der Waals surface area contributed by atoms with Gasteiger partial charge in [-0.2, -0.15) is 0 Å². The van der Waals surface area contributed by atoms with Gasteiger partial charge in [-0.15, -0.1) is 0 Å². The van der Waals surface area contributed by atoms with Crippen molar-refractivity contribution in [3.05, 3.63) is 58.1 Å². The number of rotatable bonds is 5. The van der Waals surface area contributed by atoms with Crippen molar-refractivity contribution in [1.82, 2.24) is 5.32 Å². The third-order valence-corrected chi connectivity index (χ3v) is 4.51. The molecule has 0 fully saturated rings. The summed E-state index contributed by atoms with van der Waals surface area (Å²) in [5, 5.41) is 16.3. The van der Waals surface area contributed by atoms with Crippen LogP contribution in [0.5, 0.6) is 5.75 Å². The van der Waals surface area contributed by atoms with Crippen molar-refractivity contribution >= 4 is 28.9 Å². The van der Waals surface area contributed by atoms with E-state index < -0.39 is 11.0 Å². The minimum absolute atomic E-state index is 0.0317. The maximum Gasteiger partial charge on any atom is 0.274 e. The number of hydrogen-bond acceptors (Lipinski definition) is 6. The van der Waals surface area contributed by atoms with Crippen molar-refractivity contribution in [2.45, 2.75) is 13.0 Å². The van der Waals surface area contributed by atoms with Crippen molar-refractivity contribution in [1.29, 1.82) is 0 Å². The number of nitrogens with one attached hydrogen (secondary N) is 2. The van der Waals surface area contributed by atoms with Gasteiger partial charge in [0.15, 0.2) is 6.10 Å². The highest BCUT2D eigenvalue weighted by molar-refractivity contribution is 5.96. The maximum absolute atomic E-state index is 12.6. The molecule has 0 bridgehead atoms. The van der Waals surface area contributed by atoms with E-state index in [2.05, 4.69) is 10.6 Å². The van der Waals surface area contributed by atoms with Gasteiger partial charge in [0.05, 0.1) is 35.0 Å². The molecule has 1 heterocycles. The first-order valence-corrected chi connectivity index (χ1v) is 8.66. The van der Waals surface area contributed by atoms with Crippen molar-refractivity contribution in [2.24, 2.45) is 0 Å². The quantitative estimate of drug-likeness (QED) is 0.601. The number of carbonyl (C=O) groups is 2. The molecule has 2 aromatic carbocycles. The van der Waals surface area contributed by atoms with Gasteiger partial charge in [0.25, 0.3) is 11.6 Å². The minimum atomic E-state index is -0.743. The molecule has 0 saturated heterocycles. The first kappa shape index (κ1) is 19.2. The zero-order valence-corrected chi connectivity index (χ0v) is 15.5. The van der Waals surface area contributed by atoms with E-state index >= 15 is 0 Å². The molecule has 0 aliphatic carbocycles. The number of anilines is 2. The Morgan fingerprint density at radius 1 is 1.25 bits per heavy atom. The summed E-state index contributed by atoms with van der Waals surface area (Å²) in [6.07, 6.45) is -0.743. The minimum Gasteiger partial charge on any atom is -0.477 e. The highest BCUT2D eigenvalue weighted by Gasteiger charge is 2.31. The third-order valence-electron chi connectivity index (χ3n) is 4.51. The molecule has 2 amide bonds. The molecule has 0 radical (unpaired) electrons. The topological polar surface area (TPSA) is 114 Å². The number of nitro benzene ring substituents is 1. The fourth-order valence-electron chi connectivity index (χ4n) is 3.07. The fourth-order valence-corrected chi connectivity index (χ4v) is 3.07. The molecule has 1 atom stereocenters. The third kappa shape index (κ3) is 3.88. The summed E-state index contributed by atoms with van der Waals surface area (Å²) in [6.45, 7) is 1.76. The Morgan fingerprint density at radius 3 is 2.71 bits per heavy atom. The normalized spacial score (nSPS) is 15.2. The Morgan fingerprint density at radius 2 is 2.00 bits per heavy atom. The van der Waals surface area contributed by atoms with E-state index in [0.29, 0.717) is 22.7 Å². The van der Waals surface area contributed by atoms with Gasteiger partial charge >= 0.3 is 0 Å². The molecule has 0 spiro atoms. The van der Waals surface area contributed by atoms with Gasteiger partial charge in [0.1, 0.15) is 5.75 Å². The number of benzene rings is 2. The zero-order chi connectivity index (χ0) is 20.3. The molecule has 2 N–H and O–H groups in total. The van der Waals surface area contributed by atoms with E-state index in [0.717, 1.165) is 0 Å². The lowest BCUT2D eigenvalue weighted by Crippen LogP contribution is -2.50. The fraction of sp³-hybridized carbons (Fsp3) is 0.263. The highest BCUT2D eigenvalue weighted by atomic mass is 16.6. The Balaban J connectivity index is 1.79. The summed E-state index contributed by atoms with van der Waals surface area (Å²) < 4.78 is 5.72. The Hall–Kier alpha value is -3.62. The second-order valence-electron chi connectivity index (χ2n) is 6.32. The van der Waals surface area contributed by atoms with Gasteiger partial charge in [-0.3, -0.25) is 19.7 Å². The second-order valence-corrected chi connectivity index (χ2v) is 6.32. The predicted molar refractivity (Wildman–Crippen MR) is 104 cm³/mol. The van der Waals surface area contributed by atoms with Crippen LogP contribution in [0.25, 0.3) is 0 Å². The van der Waals surface area contributed by atoms with Crippen LogP contribution in [0.15, 0.2) is 42.5 Å². The molecule has 146 valence electrons. The van der Waals surface area contributed by atoms with Crippen LogP contribution in [0.3, 0.4) is 0 Å². The smallest absolute Gasteiger partial charge is 0.274 e. The number of ether oxygens (including phenoxy) is 1. The van der Waals surface area contributed by atoms with Crippen LogP contribution >= 0.6 is 0 Å². The van der Waals surface area contributed by atoms with Crippen LogP contribution in [0.4, 0.5) is 17.1 Å². The standard InChI is InChI=1S/C19H20N4O5/c1-12-13(6-5-8-14(12)23(26)27)21-18(24)11-22-10-17(19(25)20-2)28-16-9-4-3-7-15(16)22/h3-9,17H,10-11H2,1-2H3,(H,20,25)(H,21,24)/t17-/m0/s1. The Kier molecular flexibility index (Phi) is 5.44. The average molecular weight is 384 g/mol. The molecule has 2 aromatic rings. The number of likely N-dealkylation sites (N-methyl/N-ethyl adjacent to an activating group) is 1. The van der Waals surface area contributed by atoms with Gasteiger partial charge in [-0.1, -0.05) is 18.2 Å². The van der Waals surface area contributed by atoms with Crippen LogP contribution in [-0.2, 0) is 9.59 Å². The molecule has 3 rings (SSSR count). The molecule has 28 heavy (non-hydrogen) atoms. The SMILES string of the molecule is CNC(=O)[C@@H]1CN(CC(=O)Nc2cccc([N+](=O)[O-])c2C)c2ccccc2O1. The molecule has 0 unspecified atom stereocenters. The van der Waals surface area contributed by atoms with Crippen molar-refractivity contribution in [3.63, 3.8) is 0 Å². The molecular formula is C19H20N4O5. The summed E-state index contributed by atoms with van der Waals surface area (Å²) in [4.78, 5) is 37.0. The zero-order valence-electron chi connectivity index (χ0n) is 15.5. The lowest BCUT2D eigenvalue weighted by Gasteiger charge is -2.35. The molecule has 9 nitrogen and oxygen atoms in total.